The van der Waals surface area contributed by atoms with Crippen LogP contribution in [0.1, 0.15) is 93.6 Å². The summed E-state index contributed by atoms with van der Waals surface area (Å²) >= 11 is 0. The fraction of sp³-hybridized carbons (Fsp3) is 0.381. The summed E-state index contributed by atoms with van der Waals surface area (Å²) in [5, 5.41) is 13.5. The maximum absolute atomic E-state index is 12.2. The van der Waals surface area contributed by atoms with Gasteiger partial charge in [-0.3, -0.25) is 4.79 Å². The first-order valence-electron chi connectivity index (χ1n) is 16.8. The van der Waals surface area contributed by atoms with E-state index in [0.717, 1.165) is 58.8 Å². The molecule has 3 aromatic heterocycles. The van der Waals surface area contributed by atoms with Crippen molar-refractivity contribution in [2.75, 3.05) is 0 Å². The molecule has 0 spiro atoms. The third-order valence-corrected chi connectivity index (χ3v) is 10.2. The molecule has 6 heteroatoms. The normalized spacial score (nSPS) is 12.4. The van der Waals surface area contributed by atoms with Crippen molar-refractivity contribution in [3.8, 4) is 22.4 Å². The summed E-state index contributed by atoms with van der Waals surface area (Å²) in [6.45, 7) is 18.8. The summed E-state index contributed by atoms with van der Waals surface area (Å²) < 4.78 is 7.39. The van der Waals surface area contributed by atoms with Gasteiger partial charge in [-0.05, 0) is 66.5 Å². The van der Waals surface area contributed by atoms with Crippen LogP contribution in [-0.4, -0.2) is 15.9 Å². The summed E-state index contributed by atoms with van der Waals surface area (Å²) in [4.78, 5) is 16.5. The number of carbonyl (C=O) groups is 1. The van der Waals surface area contributed by atoms with Crippen LogP contribution >= 0.6 is 0 Å². The van der Waals surface area contributed by atoms with Gasteiger partial charge in [-0.1, -0.05) is 91.5 Å². The van der Waals surface area contributed by atoms with Gasteiger partial charge in [0.15, 0.2) is 5.78 Å². The summed E-state index contributed by atoms with van der Waals surface area (Å²) in [6.07, 6.45) is 10.2. The number of furan rings is 1. The molecule has 2 aromatic carbocycles. The van der Waals surface area contributed by atoms with Gasteiger partial charge >= 0.3 is 0 Å². The van der Waals surface area contributed by atoms with Gasteiger partial charge in [-0.2, -0.15) is 0 Å². The average Bonchev–Trinajstić information content (AvgIpc) is 3.56. The largest absolute Gasteiger partial charge is 0.512 e. The van der Waals surface area contributed by atoms with Gasteiger partial charge in [0.25, 0.3) is 0 Å². The van der Waals surface area contributed by atoms with Crippen LogP contribution in [0.3, 0.4) is 0 Å². The van der Waals surface area contributed by atoms with Gasteiger partial charge in [0.1, 0.15) is 11.5 Å². The van der Waals surface area contributed by atoms with E-state index in [-0.39, 0.29) is 47.9 Å². The van der Waals surface area contributed by atoms with Crippen LogP contribution in [0.5, 0.6) is 0 Å². The zero-order valence-electron chi connectivity index (χ0n) is 30.0. The van der Waals surface area contributed by atoms with Gasteiger partial charge in [-0.25, -0.2) is 4.98 Å². The van der Waals surface area contributed by atoms with Gasteiger partial charge in [0.2, 0.25) is 5.71 Å². The molecule has 5 rings (SSSR count). The molecule has 0 aliphatic rings. The van der Waals surface area contributed by atoms with E-state index in [1.165, 1.54) is 17.0 Å². The molecule has 0 aliphatic heterocycles. The van der Waals surface area contributed by atoms with Gasteiger partial charge in [-0.15, -0.1) is 29.1 Å². The molecule has 0 aliphatic carbocycles. The van der Waals surface area contributed by atoms with E-state index < -0.39 is 0 Å². The number of aliphatic hydroxyl groups is 1. The second kappa shape index (κ2) is 15.7. The molecule has 0 atom stereocenters. The monoisotopic (exact) mass is 824 g/mol. The fourth-order valence-electron chi connectivity index (χ4n) is 5.73. The zero-order chi connectivity index (χ0) is 34.6. The minimum atomic E-state index is -0.337. The van der Waals surface area contributed by atoms with Crippen LogP contribution in [0.4, 0.5) is 0 Å². The summed E-state index contributed by atoms with van der Waals surface area (Å²) in [5.74, 6) is 0.286. The average molecular weight is 824 g/mol. The predicted octanol–water partition coefficient (Wildman–Crippen LogP) is 11.0. The molecule has 0 bridgehead atoms. The molecule has 1 radical (unpaired) electrons. The molecule has 5 nitrogen and oxygen atoms in total. The van der Waals surface area contributed by atoms with Crippen LogP contribution in [0.2, 0.25) is 0 Å². The minimum absolute atomic E-state index is 0. The van der Waals surface area contributed by atoms with E-state index >= 15 is 0 Å². The molecule has 48 heavy (non-hydrogen) atoms. The first kappa shape index (κ1) is 38.7. The number of hydrogen-bond acceptors (Lipinski definition) is 4. The number of pyridine rings is 2. The maximum Gasteiger partial charge on any atom is 0.226 e. The number of allylic oxidation sites excluding steroid dienone is 2. The molecule has 1 N–H and O–H groups in total. The van der Waals surface area contributed by atoms with Crippen LogP contribution in [0, 0.1) is 23.9 Å². The van der Waals surface area contributed by atoms with Crippen molar-refractivity contribution < 1.29 is 39.0 Å². The molecule has 0 unspecified atom stereocenters. The zero-order valence-corrected chi connectivity index (χ0v) is 32.4. The van der Waals surface area contributed by atoms with Crippen molar-refractivity contribution in [3.05, 3.63) is 104 Å². The van der Waals surface area contributed by atoms with Gasteiger partial charge in [0.05, 0.1) is 12.5 Å². The Kier molecular flexibility index (Phi) is 12.6. The summed E-state index contributed by atoms with van der Waals surface area (Å²) in [7, 11) is 4.22. The Morgan fingerprint density at radius 1 is 0.917 bits per heavy atom. The van der Waals surface area contributed by atoms with Crippen LogP contribution in [0.15, 0.2) is 89.5 Å². The molecule has 257 valence electrons. The number of benzene rings is 2. The summed E-state index contributed by atoms with van der Waals surface area (Å²) in [5.41, 5.74) is 5.59. The second-order valence-electron chi connectivity index (χ2n) is 14.1. The van der Waals surface area contributed by atoms with Crippen molar-refractivity contribution in [1.29, 1.82) is 0 Å². The molecule has 0 amide bonds. The first-order chi connectivity index (χ1) is 22.2. The quantitative estimate of drug-likeness (QED) is 0.0696. The van der Waals surface area contributed by atoms with E-state index in [1.807, 2.05) is 64.4 Å². The van der Waals surface area contributed by atoms with E-state index in [4.69, 9.17) is 4.42 Å². The van der Waals surface area contributed by atoms with E-state index in [9.17, 15) is 9.90 Å². The van der Waals surface area contributed by atoms with E-state index in [1.54, 1.807) is 12.5 Å². The number of ketones is 1. The SMILES string of the molecule is CCC(C)(CC)C(=O)/C=C(\O)C(C)(CC)CC.[CH2-][n+]1ccc(-c2ccnc3occc23)cc1-c1[c-]c2ccccc2c(C(C)(C)C)c1.[Ir]. The maximum atomic E-state index is 12.2. The molecular formula is C42H51IrN2O3-. The molecule has 5 aromatic rings. The van der Waals surface area contributed by atoms with E-state index in [2.05, 4.69) is 81.3 Å². The smallest absolute Gasteiger partial charge is 0.226 e. The van der Waals surface area contributed by atoms with Crippen molar-refractivity contribution in [2.45, 2.75) is 93.4 Å². The Morgan fingerprint density at radius 2 is 1.56 bits per heavy atom. The van der Waals surface area contributed by atoms with Crippen molar-refractivity contribution >= 4 is 27.7 Å². The van der Waals surface area contributed by atoms with Crippen molar-refractivity contribution in [3.63, 3.8) is 0 Å². The molecule has 0 saturated heterocycles. The van der Waals surface area contributed by atoms with Crippen LogP contribution in [0.25, 0.3) is 44.3 Å². The standard InChI is InChI=1S/C27H23N2O.C15H28O2.Ir/c1-27(2,3)24-16-20(15-18-7-5-6-8-22(18)24)25-17-19(10-13-29(25)4)21-9-12-28-26-23(21)11-14-30-26;1-7-14(5,8-2)12(16)11-13(17)15(6,9-3)10-4;/h5-14,16-17H,4H2,1-3H3;11,16H,7-10H2,1-6H3;/q-1;;/b;12-11-;. The van der Waals surface area contributed by atoms with Crippen LogP contribution < -0.4 is 4.57 Å². The number of fused-ring (bicyclic) bond motifs is 2. The number of carbonyl (C=O) groups excluding carboxylic acids is 1. The Labute approximate surface area is 300 Å². The first-order valence-corrected chi connectivity index (χ1v) is 16.8. The topological polar surface area (TPSA) is 67.2 Å². The van der Waals surface area contributed by atoms with Gasteiger partial charge in [0, 0.05) is 55.6 Å². The predicted molar refractivity (Wildman–Crippen MR) is 194 cm³/mol. The van der Waals surface area contributed by atoms with Crippen molar-refractivity contribution in [2.24, 2.45) is 10.8 Å². The third-order valence-electron chi connectivity index (χ3n) is 10.2. The van der Waals surface area contributed by atoms with Crippen molar-refractivity contribution in [1.82, 2.24) is 4.98 Å². The van der Waals surface area contributed by atoms with E-state index in [0.29, 0.717) is 5.71 Å². The number of rotatable bonds is 9. The third kappa shape index (κ3) is 8.10. The number of nitrogens with zero attached hydrogens (tertiary/aromatic N) is 2. The fourth-order valence-corrected chi connectivity index (χ4v) is 5.73. The Morgan fingerprint density at radius 3 is 2.19 bits per heavy atom. The molecule has 0 saturated carbocycles. The Hall–Kier alpha value is -3.73. The number of aromatic nitrogens is 2. The molecular weight excluding hydrogens is 773 g/mol. The Bertz CT molecular complexity index is 1890. The minimum Gasteiger partial charge on any atom is -0.512 e. The number of aliphatic hydroxyl groups excluding tert-OH is 1. The van der Waals surface area contributed by atoms with Crippen LogP contribution in [-0.2, 0) is 30.3 Å². The molecule has 0 fully saturated rings. The second-order valence-corrected chi connectivity index (χ2v) is 14.1. The summed E-state index contributed by atoms with van der Waals surface area (Å²) in [6, 6.07) is 22.6. The van der Waals surface area contributed by atoms with Gasteiger partial charge < -0.3 is 14.1 Å². The number of hydrogen-bond donors (Lipinski definition) is 1. The molecule has 3 heterocycles. The Balaban J connectivity index is 0.000000301.